The van der Waals surface area contributed by atoms with Gasteiger partial charge in [-0.25, -0.2) is 4.98 Å². The molecular weight excluding hydrogens is 360 g/mol. The summed E-state index contributed by atoms with van der Waals surface area (Å²) in [5.74, 6) is 1.60. The average Bonchev–Trinajstić information content (AvgIpc) is 2.76. The Morgan fingerprint density at radius 3 is 2.03 bits per heavy atom. The molecule has 29 heavy (non-hydrogen) atoms. The predicted molar refractivity (Wildman–Crippen MR) is 119 cm³/mol. The third kappa shape index (κ3) is 4.89. The SMILES string of the molecule is CC1CCN(C(=O)c2ccc(Nc3ccc(N4CCC(C)CC4)cc3)cn2)CC1. The Labute approximate surface area is 174 Å². The highest BCUT2D eigenvalue weighted by Crippen LogP contribution is 2.25. The molecule has 5 nitrogen and oxygen atoms in total. The van der Waals surface area contributed by atoms with Gasteiger partial charge in [-0.1, -0.05) is 13.8 Å². The van der Waals surface area contributed by atoms with Crippen molar-refractivity contribution >= 4 is 23.0 Å². The van der Waals surface area contributed by atoms with E-state index in [0.717, 1.165) is 56.3 Å². The van der Waals surface area contributed by atoms with Crippen LogP contribution in [-0.4, -0.2) is 42.0 Å². The fourth-order valence-corrected chi connectivity index (χ4v) is 4.16. The molecule has 2 aliphatic rings. The molecule has 0 aliphatic carbocycles. The number of carbonyl (C=O) groups excluding carboxylic acids is 1. The summed E-state index contributed by atoms with van der Waals surface area (Å²) >= 11 is 0. The summed E-state index contributed by atoms with van der Waals surface area (Å²) in [4.78, 5) is 21.4. The van der Waals surface area contributed by atoms with Gasteiger partial charge in [-0.15, -0.1) is 0 Å². The molecular formula is C24H32N4O. The number of rotatable bonds is 4. The molecule has 0 spiro atoms. The summed E-state index contributed by atoms with van der Waals surface area (Å²) in [6.45, 7) is 8.55. The summed E-state index contributed by atoms with van der Waals surface area (Å²) in [6, 6.07) is 12.4. The molecule has 2 fully saturated rings. The number of likely N-dealkylation sites (tertiary alicyclic amines) is 1. The van der Waals surface area contributed by atoms with E-state index < -0.39 is 0 Å². The van der Waals surface area contributed by atoms with E-state index in [2.05, 4.69) is 53.3 Å². The minimum atomic E-state index is 0.0450. The molecule has 1 aromatic heterocycles. The van der Waals surface area contributed by atoms with Crippen LogP contribution in [-0.2, 0) is 0 Å². The Hall–Kier alpha value is -2.56. The molecule has 5 heteroatoms. The summed E-state index contributed by atoms with van der Waals surface area (Å²) < 4.78 is 0. The molecule has 0 atom stereocenters. The molecule has 2 aromatic rings. The molecule has 1 amide bonds. The Kier molecular flexibility index (Phi) is 6.02. The van der Waals surface area contributed by atoms with Gasteiger partial charge in [0.1, 0.15) is 5.69 Å². The molecule has 1 aromatic carbocycles. The lowest BCUT2D eigenvalue weighted by Crippen LogP contribution is -2.38. The largest absolute Gasteiger partial charge is 0.372 e. The number of nitrogens with one attached hydrogen (secondary N) is 1. The molecule has 3 heterocycles. The number of aromatic nitrogens is 1. The quantitative estimate of drug-likeness (QED) is 0.801. The maximum Gasteiger partial charge on any atom is 0.272 e. The summed E-state index contributed by atoms with van der Waals surface area (Å²) in [6.07, 6.45) is 6.45. The van der Waals surface area contributed by atoms with Gasteiger partial charge in [0.25, 0.3) is 5.91 Å². The third-order valence-corrected chi connectivity index (χ3v) is 6.36. The summed E-state index contributed by atoms with van der Waals surface area (Å²) in [7, 11) is 0. The van der Waals surface area contributed by atoms with E-state index in [9.17, 15) is 4.79 Å². The predicted octanol–water partition coefficient (Wildman–Crippen LogP) is 4.93. The van der Waals surface area contributed by atoms with Gasteiger partial charge in [0, 0.05) is 37.6 Å². The number of hydrogen-bond donors (Lipinski definition) is 1. The van der Waals surface area contributed by atoms with Gasteiger partial charge in [0.15, 0.2) is 0 Å². The molecule has 4 rings (SSSR count). The van der Waals surface area contributed by atoms with Crippen molar-refractivity contribution in [2.75, 3.05) is 36.4 Å². The monoisotopic (exact) mass is 392 g/mol. The number of nitrogens with zero attached hydrogens (tertiary/aromatic N) is 3. The average molecular weight is 393 g/mol. The highest BCUT2D eigenvalue weighted by Gasteiger charge is 2.22. The molecule has 1 N–H and O–H groups in total. The first kappa shape index (κ1) is 19.7. The zero-order chi connectivity index (χ0) is 20.2. The van der Waals surface area contributed by atoms with Crippen LogP contribution in [0.4, 0.5) is 17.1 Å². The number of pyridine rings is 1. The van der Waals surface area contributed by atoms with Gasteiger partial charge in [0.05, 0.1) is 11.9 Å². The van der Waals surface area contributed by atoms with E-state index in [1.54, 1.807) is 6.20 Å². The number of hydrogen-bond acceptors (Lipinski definition) is 4. The number of amides is 1. The van der Waals surface area contributed by atoms with E-state index in [0.29, 0.717) is 11.6 Å². The summed E-state index contributed by atoms with van der Waals surface area (Å²) in [5.41, 5.74) is 3.75. The van der Waals surface area contributed by atoms with Gasteiger partial charge < -0.3 is 15.1 Å². The Morgan fingerprint density at radius 2 is 1.45 bits per heavy atom. The molecule has 0 bridgehead atoms. The van der Waals surface area contributed by atoms with Crippen LogP contribution in [0.5, 0.6) is 0 Å². The van der Waals surface area contributed by atoms with Gasteiger partial charge in [-0.05, 0) is 73.9 Å². The first-order valence-electron chi connectivity index (χ1n) is 11.0. The minimum absolute atomic E-state index is 0.0450. The zero-order valence-electron chi connectivity index (χ0n) is 17.6. The number of piperidine rings is 2. The van der Waals surface area contributed by atoms with Crippen LogP contribution in [0.25, 0.3) is 0 Å². The van der Waals surface area contributed by atoms with E-state index >= 15 is 0 Å². The minimum Gasteiger partial charge on any atom is -0.372 e. The van der Waals surface area contributed by atoms with Gasteiger partial charge in [0.2, 0.25) is 0 Å². The van der Waals surface area contributed by atoms with E-state index in [1.165, 1.54) is 18.5 Å². The molecule has 0 saturated carbocycles. The lowest BCUT2D eigenvalue weighted by atomic mass is 9.99. The van der Waals surface area contributed by atoms with Crippen molar-refractivity contribution in [1.82, 2.24) is 9.88 Å². The van der Waals surface area contributed by atoms with Crippen molar-refractivity contribution in [3.63, 3.8) is 0 Å². The maximum absolute atomic E-state index is 12.6. The molecule has 2 aliphatic heterocycles. The van der Waals surface area contributed by atoms with Crippen LogP contribution in [0.1, 0.15) is 50.0 Å². The van der Waals surface area contributed by atoms with Crippen LogP contribution in [0.15, 0.2) is 42.6 Å². The smallest absolute Gasteiger partial charge is 0.272 e. The first-order valence-corrected chi connectivity index (χ1v) is 11.0. The van der Waals surface area contributed by atoms with Crippen molar-refractivity contribution in [1.29, 1.82) is 0 Å². The second-order valence-electron chi connectivity index (χ2n) is 8.75. The second kappa shape index (κ2) is 8.85. The number of benzene rings is 1. The summed E-state index contributed by atoms with van der Waals surface area (Å²) in [5, 5.41) is 3.39. The van der Waals surface area contributed by atoms with Crippen molar-refractivity contribution < 1.29 is 4.79 Å². The van der Waals surface area contributed by atoms with Gasteiger partial charge in [-0.2, -0.15) is 0 Å². The third-order valence-electron chi connectivity index (χ3n) is 6.36. The van der Waals surface area contributed by atoms with Crippen molar-refractivity contribution in [3.8, 4) is 0 Å². The Bertz CT molecular complexity index is 802. The van der Waals surface area contributed by atoms with E-state index in [-0.39, 0.29) is 5.91 Å². The van der Waals surface area contributed by atoms with Crippen LogP contribution < -0.4 is 10.2 Å². The Balaban J connectivity index is 1.34. The molecule has 0 unspecified atom stereocenters. The van der Waals surface area contributed by atoms with Crippen molar-refractivity contribution in [2.24, 2.45) is 11.8 Å². The topological polar surface area (TPSA) is 48.5 Å². The number of carbonyl (C=O) groups is 1. The van der Waals surface area contributed by atoms with E-state index in [4.69, 9.17) is 0 Å². The van der Waals surface area contributed by atoms with Gasteiger partial charge >= 0.3 is 0 Å². The lowest BCUT2D eigenvalue weighted by Gasteiger charge is -2.32. The van der Waals surface area contributed by atoms with E-state index in [1.807, 2.05) is 17.0 Å². The maximum atomic E-state index is 12.6. The number of anilines is 3. The first-order chi connectivity index (χ1) is 14.1. The molecule has 2 saturated heterocycles. The van der Waals surface area contributed by atoms with Crippen LogP contribution in [0.2, 0.25) is 0 Å². The fraction of sp³-hybridized carbons (Fsp3) is 0.500. The highest BCUT2D eigenvalue weighted by molar-refractivity contribution is 5.92. The van der Waals surface area contributed by atoms with Crippen molar-refractivity contribution in [2.45, 2.75) is 39.5 Å². The normalized spacial score (nSPS) is 18.7. The lowest BCUT2D eigenvalue weighted by molar-refractivity contribution is 0.0691. The Morgan fingerprint density at radius 1 is 0.862 bits per heavy atom. The zero-order valence-corrected chi connectivity index (χ0v) is 17.6. The molecule has 0 radical (unpaired) electrons. The highest BCUT2D eigenvalue weighted by atomic mass is 16.2. The van der Waals surface area contributed by atoms with Crippen LogP contribution in [0.3, 0.4) is 0 Å². The molecule has 154 valence electrons. The van der Waals surface area contributed by atoms with Gasteiger partial charge in [-0.3, -0.25) is 4.79 Å². The van der Waals surface area contributed by atoms with Crippen LogP contribution >= 0.6 is 0 Å². The standard InChI is InChI=1S/C24H32N4O/c1-18-9-13-27(14-10-18)22-6-3-20(4-7-22)26-21-5-8-23(25-17-21)24(29)28-15-11-19(2)12-16-28/h3-8,17-19,26H,9-16H2,1-2H3. The van der Waals surface area contributed by atoms with Crippen LogP contribution in [0, 0.1) is 11.8 Å². The fourth-order valence-electron chi connectivity index (χ4n) is 4.16. The second-order valence-corrected chi connectivity index (χ2v) is 8.75. The van der Waals surface area contributed by atoms with Crippen molar-refractivity contribution in [3.05, 3.63) is 48.3 Å².